The van der Waals surface area contributed by atoms with Crippen LogP contribution in [-0.4, -0.2) is 19.6 Å². The predicted octanol–water partition coefficient (Wildman–Crippen LogP) is 4.74. The van der Waals surface area contributed by atoms with Gasteiger partial charge in [0.2, 0.25) is 5.91 Å². The molecule has 0 heterocycles. The molecule has 5 heteroatoms. The molecular weight excluding hydrogens is 417 g/mol. The highest BCUT2D eigenvalue weighted by Crippen LogP contribution is 2.28. The maximum Gasteiger partial charge on any atom is 0.248 e. The fourth-order valence-corrected chi connectivity index (χ4v) is 2.58. The Kier molecular flexibility index (Phi) is 7.11. The number of benzene rings is 2. The van der Waals surface area contributed by atoms with Gasteiger partial charge in [-0.1, -0.05) is 19.1 Å². The Bertz CT molecular complexity index is 728. The van der Waals surface area contributed by atoms with E-state index in [9.17, 15) is 4.79 Å². The SMILES string of the molecule is CCCOc1ccc(/C=C/C(=O)Nc2cccc(I)c2)cc1OC. The minimum Gasteiger partial charge on any atom is -0.493 e. The van der Waals surface area contributed by atoms with Gasteiger partial charge in [-0.3, -0.25) is 4.79 Å². The zero-order valence-electron chi connectivity index (χ0n) is 13.7. The number of nitrogens with one attached hydrogen (secondary N) is 1. The Morgan fingerprint density at radius 1 is 1.21 bits per heavy atom. The summed E-state index contributed by atoms with van der Waals surface area (Å²) < 4.78 is 12.0. The van der Waals surface area contributed by atoms with E-state index in [1.807, 2.05) is 42.5 Å². The third kappa shape index (κ3) is 5.56. The molecule has 0 spiro atoms. The number of ether oxygens (including phenoxy) is 2. The molecule has 0 aliphatic rings. The molecule has 0 saturated heterocycles. The second-order valence-electron chi connectivity index (χ2n) is 5.09. The van der Waals surface area contributed by atoms with Gasteiger partial charge in [0.1, 0.15) is 0 Å². The monoisotopic (exact) mass is 437 g/mol. The van der Waals surface area contributed by atoms with Crippen molar-refractivity contribution in [1.29, 1.82) is 0 Å². The molecule has 0 saturated carbocycles. The number of carbonyl (C=O) groups is 1. The number of methoxy groups -OCH3 is 1. The number of rotatable bonds is 7. The third-order valence-electron chi connectivity index (χ3n) is 3.17. The summed E-state index contributed by atoms with van der Waals surface area (Å²) in [4.78, 5) is 12.0. The Morgan fingerprint density at radius 3 is 2.75 bits per heavy atom. The van der Waals surface area contributed by atoms with Crippen LogP contribution in [0.2, 0.25) is 0 Å². The van der Waals surface area contributed by atoms with Gasteiger partial charge in [-0.15, -0.1) is 0 Å². The maximum atomic E-state index is 12.0. The smallest absolute Gasteiger partial charge is 0.248 e. The number of halogens is 1. The van der Waals surface area contributed by atoms with Crippen LogP contribution in [0.4, 0.5) is 5.69 Å². The summed E-state index contributed by atoms with van der Waals surface area (Å²) >= 11 is 2.21. The van der Waals surface area contributed by atoms with Crippen LogP contribution in [-0.2, 0) is 4.79 Å². The van der Waals surface area contributed by atoms with Crippen LogP contribution >= 0.6 is 22.6 Å². The summed E-state index contributed by atoms with van der Waals surface area (Å²) in [5.41, 5.74) is 1.64. The lowest BCUT2D eigenvalue weighted by Crippen LogP contribution is -2.07. The highest BCUT2D eigenvalue weighted by molar-refractivity contribution is 14.1. The van der Waals surface area contributed by atoms with E-state index in [2.05, 4.69) is 34.8 Å². The largest absolute Gasteiger partial charge is 0.493 e. The predicted molar refractivity (Wildman–Crippen MR) is 106 cm³/mol. The summed E-state index contributed by atoms with van der Waals surface area (Å²) in [5, 5.41) is 2.83. The van der Waals surface area contributed by atoms with Gasteiger partial charge in [0, 0.05) is 15.3 Å². The van der Waals surface area contributed by atoms with Gasteiger partial charge in [-0.2, -0.15) is 0 Å². The van der Waals surface area contributed by atoms with Crippen LogP contribution in [0.25, 0.3) is 6.08 Å². The van der Waals surface area contributed by atoms with E-state index in [4.69, 9.17) is 9.47 Å². The fourth-order valence-electron chi connectivity index (χ4n) is 2.04. The van der Waals surface area contributed by atoms with Crippen LogP contribution in [0.1, 0.15) is 18.9 Å². The van der Waals surface area contributed by atoms with Crippen molar-refractivity contribution in [2.45, 2.75) is 13.3 Å². The first-order valence-electron chi connectivity index (χ1n) is 7.68. The number of amides is 1. The van der Waals surface area contributed by atoms with E-state index < -0.39 is 0 Å². The molecule has 1 amide bonds. The molecule has 0 bridgehead atoms. The maximum absolute atomic E-state index is 12.0. The van der Waals surface area contributed by atoms with Gasteiger partial charge in [0.15, 0.2) is 11.5 Å². The normalized spacial score (nSPS) is 10.6. The number of carbonyl (C=O) groups excluding carboxylic acids is 1. The van der Waals surface area contributed by atoms with Gasteiger partial charge in [0.25, 0.3) is 0 Å². The average molecular weight is 437 g/mol. The van der Waals surface area contributed by atoms with Crippen molar-refractivity contribution >= 4 is 40.3 Å². The Morgan fingerprint density at radius 2 is 2.04 bits per heavy atom. The van der Waals surface area contributed by atoms with Crippen LogP contribution in [0.3, 0.4) is 0 Å². The first-order chi connectivity index (χ1) is 11.6. The Balaban J connectivity index is 2.03. The Labute approximate surface area is 156 Å². The van der Waals surface area contributed by atoms with E-state index >= 15 is 0 Å². The highest BCUT2D eigenvalue weighted by atomic mass is 127. The van der Waals surface area contributed by atoms with Crippen LogP contribution < -0.4 is 14.8 Å². The summed E-state index contributed by atoms with van der Waals surface area (Å²) in [6.45, 7) is 2.69. The van der Waals surface area contributed by atoms with Crippen LogP contribution in [0.5, 0.6) is 11.5 Å². The Hall–Kier alpha value is -2.02. The molecule has 2 aromatic carbocycles. The molecule has 2 aromatic rings. The van der Waals surface area contributed by atoms with E-state index in [-0.39, 0.29) is 5.91 Å². The summed E-state index contributed by atoms with van der Waals surface area (Å²) in [6, 6.07) is 13.2. The molecule has 0 fully saturated rings. The molecule has 1 N–H and O–H groups in total. The molecule has 2 rings (SSSR count). The van der Waals surface area contributed by atoms with Gasteiger partial charge < -0.3 is 14.8 Å². The number of anilines is 1. The minimum absolute atomic E-state index is 0.178. The second kappa shape index (κ2) is 9.32. The van der Waals surface area contributed by atoms with Gasteiger partial charge in [-0.25, -0.2) is 0 Å². The third-order valence-corrected chi connectivity index (χ3v) is 3.84. The van der Waals surface area contributed by atoms with Crippen LogP contribution in [0, 0.1) is 3.57 Å². The topological polar surface area (TPSA) is 47.6 Å². The quantitative estimate of drug-likeness (QED) is 0.503. The van der Waals surface area contributed by atoms with Crippen molar-refractivity contribution < 1.29 is 14.3 Å². The number of hydrogen-bond acceptors (Lipinski definition) is 3. The van der Waals surface area contributed by atoms with Crippen molar-refractivity contribution in [2.75, 3.05) is 19.0 Å². The molecule has 0 atom stereocenters. The van der Waals surface area contributed by atoms with Crippen LogP contribution in [0.15, 0.2) is 48.5 Å². The van der Waals surface area contributed by atoms with Gasteiger partial charge in [-0.05, 0) is 71.0 Å². The molecule has 4 nitrogen and oxygen atoms in total. The van der Waals surface area contributed by atoms with Crippen molar-refractivity contribution in [3.8, 4) is 11.5 Å². The summed E-state index contributed by atoms with van der Waals surface area (Å²) in [5.74, 6) is 1.19. The number of hydrogen-bond donors (Lipinski definition) is 1. The first-order valence-corrected chi connectivity index (χ1v) is 8.75. The van der Waals surface area contributed by atoms with E-state index in [1.165, 1.54) is 6.08 Å². The lowest BCUT2D eigenvalue weighted by atomic mass is 10.2. The molecule has 0 aromatic heterocycles. The molecule has 0 aliphatic heterocycles. The first kappa shape index (κ1) is 18.3. The van der Waals surface area contributed by atoms with E-state index in [0.717, 1.165) is 21.2 Å². The molecule has 0 unspecified atom stereocenters. The van der Waals surface area contributed by atoms with Crippen molar-refractivity contribution in [2.24, 2.45) is 0 Å². The standard InChI is InChI=1S/C19H20INO3/c1-3-11-24-17-9-7-14(12-18(17)23-2)8-10-19(22)21-16-6-4-5-15(20)13-16/h4-10,12-13H,3,11H2,1-2H3,(H,21,22)/b10-8+. The molecule has 126 valence electrons. The van der Waals surface area contributed by atoms with Gasteiger partial charge >= 0.3 is 0 Å². The highest BCUT2D eigenvalue weighted by Gasteiger charge is 2.05. The fraction of sp³-hybridized carbons (Fsp3) is 0.211. The average Bonchev–Trinajstić information content (AvgIpc) is 2.58. The lowest BCUT2D eigenvalue weighted by molar-refractivity contribution is -0.111. The molecular formula is C19H20INO3. The lowest BCUT2D eigenvalue weighted by Gasteiger charge is -2.10. The summed E-state index contributed by atoms with van der Waals surface area (Å²) in [7, 11) is 1.60. The van der Waals surface area contributed by atoms with Crippen molar-refractivity contribution in [3.05, 3.63) is 57.7 Å². The summed E-state index contributed by atoms with van der Waals surface area (Å²) in [6.07, 6.45) is 4.18. The second-order valence-corrected chi connectivity index (χ2v) is 6.34. The minimum atomic E-state index is -0.178. The molecule has 0 radical (unpaired) electrons. The van der Waals surface area contributed by atoms with Crippen molar-refractivity contribution in [3.63, 3.8) is 0 Å². The molecule has 24 heavy (non-hydrogen) atoms. The zero-order valence-corrected chi connectivity index (χ0v) is 15.9. The van der Waals surface area contributed by atoms with Gasteiger partial charge in [0.05, 0.1) is 13.7 Å². The van der Waals surface area contributed by atoms with E-state index in [1.54, 1.807) is 13.2 Å². The zero-order chi connectivity index (χ0) is 17.4. The van der Waals surface area contributed by atoms with Crippen molar-refractivity contribution in [1.82, 2.24) is 0 Å². The van der Waals surface area contributed by atoms with E-state index in [0.29, 0.717) is 18.1 Å². The molecule has 0 aliphatic carbocycles.